The van der Waals surface area contributed by atoms with Crippen molar-refractivity contribution in [3.63, 3.8) is 0 Å². The Labute approximate surface area is 206 Å². The Kier molecular flexibility index (Phi) is 7.66. The van der Waals surface area contributed by atoms with E-state index in [4.69, 9.17) is 4.74 Å². The van der Waals surface area contributed by atoms with Gasteiger partial charge in [-0.05, 0) is 50.7 Å². The molecule has 1 fully saturated rings. The lowest BCUT2D eigenvalue weighted by molar-refractivity contribution is -0.120. The molecule has 1 aliphatic heterocycles. The van der Waals surface area contributed by atoms with Gasteiger partial charge < -0.3 is 10.1 Å². The second-order valence-electron chi connectivity index (χ2n) is 8.71. The fraction of sp³-hybridized carbons (Fsp3) is 0.360. The molecule has 4 rings (SSSR count). The minimum Gasteiger partial charge on any atom is -0.379 e. The lowest BCUT2D eigenvalue weighted by atomic mass is 10.2. The van der Waals surface area contributed by atoms with E-state index >= 15 is 0 Å². The zero-order valence-corrected chi connectivity index (χ0v) is 21.0. The number of aromatic nitrogens is 2. The first-order valence-electron chi connectivity index (χ1n) is 11.5. The van der Waals surface area contributed by atoms with E-state index in [1.807, 2.05) is 55.4 Å². The van der Waals surface area contributed by atoms with Gasteiger partial charge in [0.05, 0.1) is 36.0 Å². The minimum absolute atomic E-state index is 0.200. The van der Waals surface area contributed by atoms with Gasteiger partial charge in [0.25, 0.3) is 0 Å². The highest BCUT2D eigenvalue weighted by atomic mass is 32.2. The van der Waals surface area contributed by atoms with E-state index in [0.717, 1.165) is 11.3 Å². The average Bonchev–Trinajstić information content (AvgIpc) is 3.34. The van der Waals surface area contributed by atoms with Gasteiger partial charge in [0.2, 0.25) is 15.9 Å². The SMILES string of the molecule is Cc1ccc(NC(=O)[C@@H](C)N(C)Cc2cnn(-c3ccccc3)c2)cc1S(=O)(=O)N1CCOCC1. The molecule has 1 aliphatic rings. The summed E-state index contributed by atoms with van der Waals surface area (Å²) < 4.78 is 34.8. The van der Waals surface area contributed by atoms with Crippen molar-refractivity contribution in [1.82, 2.24) is 19.0 Å². The second kappa shape index (κ2) is 10.7. The van der Waals surface area contributed by atoms with Gasteiger partial charge in [-0.25, -0.2) is 13.1 Å². The normalized spacial score (nSPS) is 15.8. The summed E-state index contributed by atoms with van der Waals surface area (Å²) in [4.78, 5) is 15.1. The number of carbonyl (C=O) groups is 1. The molecule has 0 bridgehead atoms. The molecule has 9 nitrogen and oxygen atoms in total. The number of aryl methyl sites for hydroxylation is 1. The van der Waals surface area contributed by atoms with Crippen LogP contribution in [0.1, 0.15) is 18.1 Å². The summed E-state index contributed by atoms with van der Waals surface area (Å²) in [6.45, 7) is 5.50. The number of rotatable bonds is 8. The Hall–Kier alpha value is -3.05. The Morgan fingerprint density at radius 2 is 1.89 bits per heavy atom. The number of para-hydroxylation sites is 1. The van der Waals surface area contributed by atoms with Crippen LogP contribution >= 0.6 is 0 Å². The summed E-state index contributed by atoms with van der Waals surface area (Å²) in [6, 6.07) is 14.4. The van der Waals surface area contributed by atoms with Crippen molar-refractivity contribution in [3.8, 4) is 5.69 Å². The lowest BCUT2D eigenvalue weighted by Gasteiger charge is -2.27. The number of hydrogen-bond acceptors (Lipinski definition) is 6. The van der Waals surface area contributed by atoms with Crippen LogP contribution in [-0.2, 0) is 26.1 Å². The van der Waals surface area contributed by atoms with Gasteiger partial charge in [-0.2, -0.15) is 9.40 Å². The number of morpholine rings is 1. The first kappa shape index (κ1) is 25.1. The van der Waals surface area contributed by atoms with Crippen molar-refractivity contribution in [3.05, 3.63) is 72.1 Å². The van der Waals surface area contributed by atoms with Gasteiger partial charge in [-0.15, -0.1) is 0 Å². The third kappa shape index (κ3) is 5.79. The molecule has 0 spiro atoms. The van der Waals surface area contributed by atoms with Crippen molar-refractivity contribution in [2.45, 2.75) is 31.3 Å². The second-order valence-corrected chi connectivity index (χ2v) is 10.6. The quantitative estimate of drug-likeness (QED) is 0.514. The third-order valence-corrected chi connectivity index (χ3v) is 8.21. The molecule has 2 aromatic carbocycles. The van der Waals surface area contributed by atoms with Crippen molar-refractivity contribution >= 4 is 21.6 Å². The maximum atomic E-state index is 13.1. The van der Waals surface area contributed by atoms with E-state index < -0.39 is 16.1 Å². The van der Waals surface area contributed by atoms with Gasteiger partial charge in [0.15, 0.2) is 0 Å². The summed E-state index contributed by atoms with van der Waals surface area (Å²) in [5.74, 6) is -0.221. The molecule has 2 heterocycles. The smallest absolute Gasteiger partial charge is 0.243 e. The number of nitrogens with zero attached hydrogens (tertiary/aromatic N) is 4. The first-order valence-corrected chi connectivity index (χ1v) is 13.0. The number of anilines is 1. The molecule has 35 heavy (non-hydrogen) atoms. The summed E-state index contributed by atoms with van der Waals surface area (Å²) in [5.41, 5.74) is 3.03. The zero-order valence-electron chi connectivity index (χ0n) is 20.2. The largest absolute Gasteiger partial charge is 0.379 e. The Morgan fingerprint density at radius 1 is 1.17 bits per heavy atom. The summed E-state index contributed by atoms with van der Waals surface area (Å²) >= 11 is 0. The van der Waals surface area contributed by atoms with Crippen molar-refractivity contribution in [2.24, 2.45) is 0 Å². The van der Waals surface area contributed by atoms with E-state index in [9.17, 15) is 13.2 Å². The number of sulfonamides is 1. The molecule has 1 aromatic heterocycles. The van der Waals surface area contributed by atoms with E-state index in [2.05, 4.69) is 10.4 Å². The number of hydrogen-bond donors (Lipinski definition) is 1. The number of ether oxygens (including phenoxy) is 1. The Morgan fingerprint density at radius 3 is 2.60 bits per heavy atom. The molecule has 1 atom stereocenters. The number of benzene rings is 2. The van der Waals surface area contributed by atoms with E-state index in [1.54, 1.807) is 29.9 Å². The van der Waals surface area contributed by atoms with Crippen molar-refractivity contribution in [1.29, 1.82) is 0 Å². The predicted octanol–water partition coefficient (Wildman–Crippen LogP) is 2.66. The Bertz CT molecular complexity index is 1270. The molecular weight excluding hydrogens is 466 g/mol. The predicted molar refractivity (Wildman–Crippen MR) is 134 cm³/mol. The first-order chi connectivity index (χ1) is 16.8. The molecule has 1 N–H and O–H groups in total. The van der Waals surface area contributed by atoms with Crippen LogP contribution < -0.4 is 5.32 Å². The molecule has 3 aromatic rings. The number of likely N-dealkylation sites (N-methyl/N-ethyl adjacent to an activating group) is 1. The van der Waals surface area contributed by atoms with E-state index in [0.29, 0.717) is 44.1 Å². The highest BCUT2D eigenvalue weighted by Crippen LogP contribution is 2.24. The number of amides is 1. The fourth-order valence-electron chi connectivity index (χ4n) is 3.92. The molecular formula is C25H31N5O4S. The van der Waals surface area contributed by atoms with Gasteiger partial charge in [-0.3, -0.25) is 9.69 Å². The van der Waals surface area contributed by atoms with Gasteiger partial charge >= 0.3 is 0 Å². The lowest BCUT2D eigenvalue weighted by Crippen LogP contribution is -2.41. The average molecular weight is 498 g/mol. The molecule has 0 saturated carbocycles. The van der Waals surface area contributed by atoms with Crippen LogP contribution in [0, 0.1) is 6.92 Å². The maximum Gasteiger partial charge on any atom is 0.243 e. The molecule has 1 amide bonds. The maximum absolute atomic E-state index is 13.1. The monoisotopic (exact) mass is 497 g/mol. The standard InChI is InChI=1S/C25H31N5O4S/c1-19-9-10-22(15-24(19)35(32,33)29-11-13-34-14-12-29)27-25(31)20(2)28(3)17-21-16-26-30(18-21)23-7-5-4-6-8-23/h4-10,15-16,18,20H,11-14,17H2,1-3H3,(H,27,31)/t20-/m1/s1. The van der Waals surface area contributed by atoms with Gasteiger partial charge in [0.1, 0.15) is 0 Å². The summed E-state index contributed by atoms with van der Waals surface area (Å²) in [7, 11) is -1.80. The summed E-state index contributed by atoms with van der Waals surface area (Å²) in [5, 5.41) is 7.28. The van der Waals surface area contributed by atoms with Crippen LogP contribution in [0.5, 0.6) is 0 Å². The molecule has 186 valence electrons. The van der Waals surface area contributed by atoms with Crippen LogP contribution in [-0.4, -0.2) is 72.7 Å². The van der Waals surface area contributed by atoms with E-state index in [-0.39, 0.29) is 10.8 Å². The molecule has 0 aliphatic carbocycles. The van der Waals surface area contributed by atoms with Gasteiger partial charge in [-0.1, -0.05) is 24.3 Å². The van der Waals surface area contributed by atoms with Gasteiger partial charge in [0, 0.05) is 37.1 Å². The van der Waals surface area contributed by atoms with Crippen LogP contribution in [0.15, 0.2) is 65.8 Å². The van der Waals surface area contributed by atoms with Crippen LogP contribution in [0.2, 0.25) is 0 Å². The number of carbonyl (C=O) groups excluding carboxylic acids is 1. The van der Waals surface area contributed by atoms with Crippen molar-refractivity contribution < 1.29 is 17.9 Å². The highest BCUT2D eigenvalue weighted by molar-refractivity contribution is 7.89. The van der Waals surface area contributed by atoms with E-state index in [1.165, 1.54) is 10.4 Å². The topological polar surface area (TPSA) is 96.8 Å². The molecule has 0 unspecified atom stereocenters. The summed E-state index contributed by atoms with van der Waals surface area (Å²) in [6.07, 6.45) is 3.73. The molecule has 1 saturated heterocycles. The minimum atomic E-state index is -3.67. The fourth-order valence-corrected chi connectivity index (χ4v) is 5.58. The highest BCUT2D eigenvalue weighted by Gasteiger charge is 2.28. The van der Waals surface area contributed by atoms with Crippen LogP contribution in [0.4, 0.5) is 5.69 Å². The van der Waals surface area contributed by atoms with Crippen molar-refractivity contribution in [2.75, 3.05) is 38.7 Å². The number of nitrogens with one attached hydrogen (secondary N) is 1. The zero-order chi connectivity index (χ0) is 25.0. The van der Waals surface area contributed by atoms with Crippen LogP contribution in [0.25, 0.3) is 5.69 Å². The molecule has 0 radical (unpaired) electrons. The third-order valence-electron chi connectivity index (χ3n) is 6.17. The Balaban J connectivity index is 1.42. The molecule has 10 heteroatoms. The van der Waals surface area contributed by atoms with Crippen LogP contribution in [0.3, 0.4) is 0 Å².